The highest BCUT2D eigenvalue weighted by molar-refractivity contribution is 5.70. The van der Waals surface area contributed by atoms with Gasteiger partial charge in [-0.1, -0.05) is 38.1 Å². The van der Waals surface area contributed by atoms with Gasteiger partial charge in [-0.2, -0.15) is 0 Å². The monoisotopic (exact) mass is 260 g/mol. The molecule has 2 nitrogen and oxygen atoms in total. The van der Waals surface area contributed by atoms with E-state index in [0.29, 0.717) is 11.8 Å². The smallest absolute Gasteiger partial charge is 0.306 e. The van der Waals surface area contributed by atoms with E-state index in [1.165, 1.54) is 17.5 Å². The second-order valence-corrected chi connectivity index (χ2v) is 6.19. The fraction of sp³-hybridized carbons (Fsp3) is 0.588. The van der Waals surface area contributed by atoms with E-state index in [0.717, 1.165) is 25.7 Å². The third-order valence-electron chi connectivity index (χ3n) is 4.17. The minimum absolute atomic E-state index is 0.198. The molecule has 0 aliphatic heterocycles. The summed E-state index contributed by atoms with van der Waals surface area (Å²) in [5.41, 5.74) is 2.82. The molecule has 0 heterocycles. The highest BCUT2D eigenvalue weighted by Gasteiger charge is 2.27. The van der Waals surface area contributed by atoms with Crippen LogP contribution in [0.1, 0.15) is 56.6 Å². The van der Waals surface area contributed by atoms with E-state index in [-0.39, 0.29) is 5.92 Å². The predicted molar refractivity (Wildman–Crippen MR) is 77.3 cm³/mol. The average molecular weight is 260 g/mol. The van der Waals surface area contributed by atoms with Crippen LogP contribution < -0.4 is 0 Å². The lowest BCUT2D eigenvalue weighted by Crippen LogP contribution is -2.21. The van der Waals surface area contributed by atoms with E-state index in [1.54, 1.807) is 0 Å². The Kier molecular flexibility index (Phi) is 4.62. The van der Waals surface area contributed by atoms with Crippen LogP contribution in [0, 0.1) is 11.8 Å². The number of hydrogen-bond acceptors (Lipinski definition) is 1. The molecule has 1 N–H and O–H groups in total. The van der Waals surface area contributed by atoms with Crippen LogP contribution in [-0.2, 0) is 11.2 Å². The summed E-state index contributed by atoms with van der Waals surface area (Å²) in [4.78, 5) is 11.4. The van der Waals surface area contributed by atoms with Crippen molar-refractivity contribution in [1.29, 1.82) is 0 Å². The van der Waals surface area contributed by atoms with Gasteiger partial charge in [-0.15, -0.1) is 0 Å². The van der Waals surface area contributed by atoms with E-state index in [4.69, 9.17) is 0 Å². The van der Waals surface area contributed by atoms with Gasteiger partial charge in [0, 0.05) is 0 Å². The van der Waals surface area contributed by atoms with Crippen LogP contribution >= 0.6 is 0 Å². The van der Waals surface area contributed by atoms with Gasteiger partial charge >= 0.3 is 5.97 Å². The van der Waals surface area contributed by atoms with Crippen molar-refractivity contribution in [2.75, 3.05) is 0 Å². The summed E-state index contributed by atoms with van der Waals surface area (Å²) in [7, 11) is 0. The highest BCUT2D eigenvalue weighted by Crippen LogP contribution is 2.37. The SMILES string of the molecule is CC(C)CC(CC1CCCc2ccccc21)C(=O)O. The van der Waals surface area contributed by atoms with Crippen LogP contribution in [0.5, 0.6) is 0 Å². The minimum atomic E-state index is -0.628. The molecule has 2 rings (SSSR count). The topological polar surface area (TPSA) is 37.3 Å². The normalized spacial score (nSPS) is 20.1. The van der Waals surface area contributed by atoms with Crippen LogP contribution in [0.25, 0.3) is 0 Å². The summed E-state index contributed by atoms with van der Waals surface area (Å²) in [5, 5.41) is 9.40. The van der Waals surface area contributed by atoms with E-state index < -0.39 is 5.97 Å². The van der Waals surface area contributed by atoms with Gasteiger partial charge in [0.15, 0.2) is 0 Å². The zero-order valence-corrected chi connectivity index (χ0v) is 11.9. The molecular weight excluding hydrogens is 236 g/mol. The van der Waals surface area contributed by atoms with Crippen molar-refractivity contribution in [2.24, 2.45) is 11.8 Å². The number of benzene rings is 1. The zero-order valence-electron chi connectivity index (χ0n) is 11.9. The first-order valence-electron chi connectivity index (χ1n) is 7.38. The maximum atomic E-state index is 11.4. The second-order valence-electron chi connectivity index (χ2n) is 6.19. The first-order chi connectivity index (χ1) is 9.08. The average Bonchev–Trinajstić information content (AvgIpc) is 2.37. The number of carboxylic acid groups (broad SMARTS) is 1. The van der Waals surface area contributed by atoms with E-state index in [2.05, 4.69) is 38.1 Å². The van der Waals surface area contributed by atoms with Crippen LogP contribution in [0.3, 0.4) is 0 Å². The largest absolute Gasteiger partial charge is 0.481 e. The molecule has 2 unspecified atom stereocenters. The summed E-state index contributed by atoms with van der Waals surface area (Å²) >= 11 is 0. The maximum absolute atomic E-state index is 11.4. The van der Waals surface area contributed by atoms with Gasteiger partial charge in [-0.3, -0.25) is 4.79 Å². The van der Waals surface area contributed by atoms with Gasteiger partial charge < -0.3 is 5.11 Å². The molecule has 1 aromatic rings. The summed E-state index contributed by atoms with van der Waals surface area (Å²) < 4.78 is 0. The number of rotatable bonds is 5. The maximum Gasteiger partial charge on any atom is 0.306 e. The van der Waals surface area contributed by atoms with E-state index in [1.807, 2.05) is 0 Å². The Bertz CT molecular complexity index is 437. The molecule has 0 fully saturated rings. The van der Waals surface area contributed by atoms with Crippen LogP contribution in [0.15, 0.2) is 24.3 Å². The number of aryl methyl sites for hydroxylation is 1. The zero-order chi connectivity index (χ0) is 13.8. The number of hydrogen-bond donors (Lipinski definition) is 1. The Morgan fingerprint density at radius 1 is 1.37 bits per heavy atom. The molecule has 104 valence electrons. The molecule has 0 radical (unpaired) electrons. The number of aliphatic carboxylic acids is 1. The molecular formula is C17H24O2. The lowest BCUT2D eigenvalue weighted by Gasteiger charge is -2.28. The van der Waals surface area contributed by atoms with Crippen LogP contribution in [0.2, 0.25) is 0 Å². The Morgan fingerprint density at radius 3 is 2.79 bits per heavy atom. The molecule has 1 aromatic carbocycles. The fourth-order valence-electron chi connectivity index (χ4n) is 3.31. The van der Waals surface area contributed by atoms with E-state index in [9.17, 15) is 9.90 Å². The molecule has 1 aliphatic rings. The van der Waals surface area contributed by atoms with Gasteiger partial charge in [0.2, 0.25) is 0 Å². The van der Waals surface area contributed by atoms with Gasteiger partial charge in [-0.05, 0) is 55.1 Å². The van der Waals surface area contributed by atoms with Crippen molar-refractivity contribution in [3.8, 4) is 0 Å². The summed E-state index contributed by atoms with van der Waals surface area (Å²) in [5.74, 6) is 0.0534. The van der Waals surface area contributed by atoms with Gasteiger partial charge in [0.25, 0.3) is 0 Å². The van der Waals surface area contributed by atoms with Crippen molar-refractivity contribution in [1.82, 2.24) is 0 Å². The second kappa shape index (κ2) is 6.23. The minimum Gasteiger partial charge on any atom is -0.481 e. The standard InChI is InChI=1S/C17H24O2/c1-12(2)10-15(17(18)19)11-14-8-5-7-13-6-3-4-9-16(13)14/h3-4,6,9,12,14-15H,5,7-8,10-11H2,1-2H3,(H,18,19). The molecule has 19 heavy (non-hydrogen) atoms. The van der Waals surface area contributed by atoms with Gasteiger partial charge in [0.05, 0.1) is 5.92 Å². The van der Waals surface area contributed by atoms with Crippen LogP contribution in [-0.4, -0.2) is 11.1 Å². The lowest BCUT2D eigenvalue weighted by atomic mass is 9.77. The summed E-state index contributed by atoms with van der Waals surface area (Å²) in [6.45, 7) is 4.20. The fourth-order valence-corrected chi connectivity index (χ4v) is 3.31. The number of carbonyl (C=O) groups is 1. The Hall–Kier alpha value is -1.31. The highest BCUT2D eigenvalue weighted by atomic mass is 16.4. The van der Waals surface area contributed by atoms with Crippen molar-refractivity contribution in [3.05, 3.63) is 35.4 Å². The van der Waals surface area contributed by atoms with E-state index >= 15 is 0 Å². The molecule has 0 spiro atoms. The van der Waals surface area contributed by atoms with Crippen molar-refractivity contribution in [2.45, 2.75) is 51.9 Å². The Balaban J connectivity index is 2.12. The summed E-state index contributed by atoms with van der Waals surface area (Å²) in [6.07, 6.45) is 5.06. The van der Waals surface area contributed by atoms with Gasteiger partial charge in [0.1, 0.15) is 0 Å². The molecule has 0 bridgehead atoms. The third-order valence-corrected chi connectivity index (χ3v) is 4.17. The number of fused-ring (bicyclic) bond motifs is 1. The first-order valence-corrected chi connectivity index (χ1v) is 7.38. The lowest BCUT2D eigenvalue weighted by molar-refractivity contribution is -0.142. The molecule has 2 heteroatoms. The van der Waals surface area contributed by atoms with Crippen LogP contribution in [0.4, 0.5) is 0 Å². The van der Waals surface area contributed by atoms with Crippen molar-refractivity contribution in [3.63, 3.8) is 0 Å². The molecule has 0 saturated carbocycles. The summed E-state index contributed by atoms with van der Waals surface area (Å²) in [6, 6.07) is 8.55. The van der Waals surface area contributed by atoms with Crippen molar-refractivity contribution < 1.29 is 9.90 Å². The Labute approximate surface area is 115 Å². The first kappa shape index (κ1) is 14.1. The molecule has 0 saturated heterocycles. The molecule has 0 aromatic heterocycles. The molecule has 1 aliphatic carbocycles. The van der Waals surface area contributed by atoms with Crippen molar-refractivity contribution >= 4 is 5.97 Å². The molecule has 2 atom stereocenters. The predicted octanol–water partition coefficient (Wildman–Crippen LogP) is 4.24. The quantitative estimate of drug-likeness (QED) is 0.859. The van der Waals surface area contributed by atoms with Gasteiger partial charge in [-0.25, -0.2) is 0 Å². The number of carboxylic acids is 1. The Morgan fingerprint density at radius 2 is 2.11 bits per heavy atom. The molecule has 0 amide bonds. The third kappa shape index (κ3) is 3.59.